The predicted molar refractivity (Wildman–Crippen MR) is 127 cm³/mol. The third-order valence-electron chi connectivity index (χ3n) is 5.20. The monoisotopic (exact) mass is 475 g/mol. The number of rotatable bonds is 8. The molecule has 2 aromatic carbocycles. The van der Waals surface area contributed by atoms with E-state index in [0.29, 0.717) is 10.7 Å². The first-order chi connectivity index (χ1) is 16.4. The number of nitrogens with zero attached hydrogens (tertiary/aromatic N) is 2. The van der Waals surface area contributed by atoms with Gasteiger partial charge in [-0.15, -0.1) is 17.9 Å². The van der Waals surface area contributed by atoms with Gasteiger partial charge in [0.1, 0.15) is 11.6 Å². The lowest BCUT2D eigenvalue weighted by molar-refractivity contribution is -0.115. The Balaban J connectivity index is 1.34. The highest BCUT2D eigenvalue weighted by Gasteiger charge is 2.35. The second-order valence-corrected chi connectivity index (χ2v) is 8.56. The summed E-state index contributed by atoms with van der Waals surface area (Å²) in [6.45, 7) is 5.48. The molecule has 0 saturated heterocycles. The quantitative estimate of drug-likeness (QED) is 0.302. The van der Waals surface area contributed by atoms with E-state index in [-0.39, 0.29) is 42.2 Å². The van der Waals surface area contributed by atoms with Gasteiger partial charge in [-0.05, 0) is 36.8 Å². The summed E-state index contributed by atoms with van der Waals surface area (Å²) in [7, 11) is 0. The molecule has 1 N–H and O–H groups in total. The second-order valence-electron chi connectivity index (χ2n) is 7.62. The number of aryl methyl sites for hydroxylation is 1. The largest absolute Gasteiger partial charge is 0.456 e. The van der Waals surface area contributed by atoms with Gasteiger partial charge in [0.05, 0.1) is 28.8 Å². The van der Waals surface area contributed by atoms with Gasteiger partial charge >= 0.3 is 5.97 Å². The van der Waals surface area contributed by atoms with Crippen molar-refractivity contribution in [3.63, 3.8) is 0 Å². The molecule has 4 rings (SSSR count). The molecule has 2 heterocycles. The van der Waals surface area contributed by atoms with Crippen molar-refractivity contribution in [1.82, 2.24) is 9.88 Å². The summed E-state index contributed by atoms with van der Waals surface area (Å²) in [6.07, 6.45) is 1.57. The highest BCUT2D eigenvalue weighted by molar-refractivity contribution is 7.09. The molecule has 34 heavy (non-hydrogen) atoms. The SMILES string of the molecule is C=CCN1C(=O)c2ccc(C(=O)OCc3csc(CC(=O)Nc4ccccc4C)n3)cc2C1=O. The minimum absolute atomic E-state index is 0.0820. The maximum Gasteiger partial charge on any atom is 0.338 e. The fraction of sp³-hybridized carbons (Fsp3) is 0.160. The minimum Gasteiger partial charge on any atom is -0.456 e. The molecule has 0 spiro atoms. The van der Waals surface area contributed by atoms with Crippen LogP contribution in [0.4, 0.5) is 5.69 Å². The summed E-state index contributed by atoms with van der Waals surface area (Å²) in [5.74, 6) is -1.71. The normalized spacial score (nSPS) is 12.4. The molecule has 0 saturated carbocycles. The molecule has 0 aliphatic carbocycles. The number of fused-ring (bicyclic) bond motifs is 1. The van der Waals surface area contributed by atoms with Gasteiger partial charge in [-0.2, -0.15) is 0 Å². The van der Waals surface area contributed by atoms with Crippen molar-refractivity contribution in [3.05, 3.63) is 93.5 Å². The third-order valence-corrected chi connectivity index (χ3v) is 6.10. The molecule has 8 nitrogen and oxygen atoms in total. The van der Waals surface area contributed by atoms with Crippen molar-refractivity contribution >= 4 is 40.7 Å². The van der Waals surface area contributed by atoms with Crippen LogP contribution in [-0.4, -0.2) is 40.1 Å². The summed E-state index contributed by atoms with van der Waals surface area (Å²) < 4.78 is 5.32. The average Bonchev–Trinajstić information content (AvgIpc) is 3.36. The number of aromatic nitrogens is 1. The van der Waals surface area contributed by atoms with Crippen molar-refractivity contribution in [2.24, 2.45) is 0 Å². The third kappa shape index (κ3) is 4.79. The molecule has 0 fully saturated rings. The Kier molecular flexibility index (Phi) is 6.65. The highest BCUT2D eigenvalue weighted by atomic mass is 32.1. The van der Waals surface area contributed by atoms with E-state index in [0.717, 1.165) is 16.2 Å². The van der Waals surface area contributed by atoms with Crippen molar-refractivity contribution in [1.29, 1.82) is 0 Å². The van der Waals surface area contributed by atoms with Crippen LogP contribution in [0.15, 0.2) is 60.5 Å². The zero-order chi connectivity index (χ0) is 24.2. The standard InChI is InChI=1S/C25H21N3O5S/c1-3-10-28-23(30)18-9-8-16(11-19(18)24(28)31)25(32)33-13-17-14-34-22(26-17)12-21(29)27-20-7-5-4-6-15(20)2/h3-9,11,14H,1,10,12-13H2,2H3,(H,27,29). The van der Waals surface area contributed by atoms with E-state index in [1.165, 1.54) is 35.6 Å². The molecule has 1 aromatic heterocycles. The maximum absolute atomic E-state index is 12.5. The topological polar surface area (TPSA) is 106 Å². The van der Waals surface area contributed by atoms with Crippen LogP contribution < -0.4 is 5.32 Å². The lowest BCUT2D eigenvalue weighted by atomic mass is 10.1. The fourth-order valence-electron chi connectivity index (χ4n) is 3.48. The molecule has 172 valence electrons. The van der Waals surface area contributed by atoms with E-state index < -0.39 is 17.8 Å². The van der Waals surface area contributed by atoms with E-state index >= 15 is 0 Å². The van der Waals surface area contributed by atoms with Gasteiger partial charge in [0.15, 0.2) is 0 Å². The first-order valence-corrected chi connectivity index (χ1v) is 11.3. The van der Waals surface area contributed by atoms with Gasteiger partial charge in [-0.25, -0.2) is 9.78 Å². The molecule has 0 atom stereocenters. The molecule has 0 bridgehead atoms. The summed E-state index contributed by atoms with van der Waals surface area (Å²) >= 11 is 1.30. The molecule has 3 amide bonds. The van der Waals surface area contributed by atoms with Crippen LogP contribution in [0.25, 0.3) is 0 Å². The van der Waals surface area contributed by atoms with Crippen LogP contribution in [0.3, 0.4) is 0 Å². The zero-order valence-electron chi connectivity index (χ0n) is 18.4. The molecular weight excluding hydrogens is 454 g/mol. The predicted octanol–water partition coefficient (Wildman–Crippen LogP) is 3.77. The molecule has 0 radical (unpaired) electrons. The summed E-state index contributed by atoms with van der Waals surface area (Å²) in [6, 6.07) is 11.8. The second kappa shape index (κ2) is 9.80. The zero-order valence-corrected chi connectivity index (χ0v) is 19.2. The number of hydrogen-bond acceptors (Lipinski definition) is 7. The van der Waals surface area contributed by atoms with E-state index in [2.05, 4.69) is 16.9 Å². The number of para-hydroxylation sites is 1. The number of esters is 1. The van der Waals surface area contributed by atoms with Gasteiger partial charge in [0, 0.05) is 17.6 Å². The Labute approximate surface area is 199 Å². The Morgan fingerprint density at radius 2 is 1.91 bits per heavy atom. The summed E-state index contributed by atoms with van der Waals surface area (Å²) in [5.41, 5.74) is 2.80. The Morgan fingerprint density at radius 1 is 1.15 bits per heavy atom. The Bertz CT molecular complexity index is 1310. The fourth-order valence-corrected chi connectivity index (χ4v) is 4.25. The summed E-state index contributed by atoms with van der Waals surface area (Å²) in [5, 5.41) is 5.18. The molecule has 9 heteroatoms. The van der Waals surface area contributed by atoms with E-state index in [9.17, 15) is 19.2 Å². The molecule has 1 aliphatic rings. The number of carbonyl (C=O) groups excluding carboxylic acids is 4. The highest BCUT2D eigenvalue weighted by Crippen LogP contribution is 2.24. The molecule has 3 aromatic rings. The van der Waals surface area contributed by atoms with Crippen LogP contribution in [0.1, 0.15) is 47.3 Å². The number of benzene rings is 2. The Hall–Kier alpha value is -4.11. The van der Waals surface area contributed by atoms with E-state index in [1.807, 2.05) is 31.2 Å². The number of imide groups is 1. The van der Waals surface area contributed by atoms with Gasteiger partial charge in [0.2, 0.25) is 5.91 Å². The number of thiazole rings is 1. The van der Waals surface area contributed by atoms with Crippen LogP contribution in [0, 0.1) is 6.92 Å². The number of anilines is 1. The molecule has 1 aliphatic heterocycles. The van der Waals surface area contributed by atoms with Crippen LogP contribution >= 0.6 is 11.3 Å². The summed E-state index contributed by atoms with van der Waals surface area (Å²) in [4.78, 5) is 55.0. The van der Waals surface area contributed by atoms with Crippen LogP contribution in [0.2, 0.25) is 0 Å². The molecule has 0 unspecified atom stereocenters. The van der Waals surface area contributed by atoms with Gasteiger partial charge < -0.3 is 10.1 Å². The van der Waals surface area contributed by atoms with Crippen molar-refractivity contribution in [2.45, 2.75) is 20.0 Å². The first kappa shape index (κ1) is 23.1. The van der Waals surface area contributed by atoms with Crippen molar-refractivity contribution < 1.29 is 23.9 Å². The average molecular weight is 476 g/mol. The lowest BCUT2D eigenvalue weighted by Gasteiger charge is -2.09. The van der Waals surface area contributed by atoms with E-state index in [1.54, 1.807) is 5.38 Å². The molecular formula is C25H21N3O5S. The lowest BCUT2D eigenvalue weighted by Crippen LogP contribution is -2.29. The number of carbonyl (C=O) groups is 4. The number of hydrogen-bond donors (Lipinski definition) is 1. The van der Waals surface area contributed by atoms with Crippen molar-refractivity contribution in [2.75, 3.05) is 11.9 Å². The maximum atomic E-state index is 12.5. The van der Waals surface area contributed by atoms with Crippen LogP contribution in [0.5, 0.6) is 0 Å². The smallest absolute Gasteiger partial charge is 0.338 e. The van der Waals surface area contributed by atoms with Crippen molar-refractivity contribution in [3.8, 4) is 0 Å². The van der Waals surface area contributed by atoms with Crippen LogP contribution in [-0.2, 0) is 22.6 Å². The number of ether oxygens (including phenoxy) is 1. The van der Waals surface area contributed by atoms with Gasteiger partial charge in [-0.3, -0.25) is 19.3 Å². The Morgan fingerprint density at radius 3 is 2.68 bits per heavy atom. The first-order valence-electron chi connectivity index (χ1n) is 10.4. The minimum atomic E-state index is -0.642. The van der Waals surface area contributed by atoms with Gasteiger partial charge in [-0.1, -0.05) is 24.3 Å². The van der Waals surface area contributed by atoms with Gasteiger partial charge in [0.25, 0.3) is 11.8 Å². The number of nitrogens with one attached hydrogen (secondary N) is 1. The number of amides is 3. The van der Waals surface area contributed by atoms with E-state index in [4.69, 9.17) is 4.74 Å².